The lowest BCUT2D eigenvalue weighted by Crippen LogP contribution is -2.37. The fourth-order valence-corrected chi connectivity index (χ4v) is 3.93. The Morgan fingerprint density at radius 3 is 2.28 bits per heavy atom. The molecule has 1 saturated carbocycles. The zero-order valence-electron chi connectivity index (χ0n) is 14.8. The van der Waals surface area contributed by atoms with Crippen molar-refractivity contribution in [2.45, 2.75) is 34.2 Å². The van der Waals surface area contributed by atoms with Crippen LogP contribution in [0.4, 0.5) is 5.69 Å². The Balaban J connectivity index is 1.77. The van der Waals surface area contributed by atoms with Crippen LogP contribution in [0.25, 0.3) is 0 Å². The van der Waals surface area contributed by atoms with E-state index in [0.29, 0.717) is 12.2 Å². The molecular formula is C18H22N4O3. The van der Waals surface area contributed by atoms with Gasteiger partial charge < -0.3 is 10.4 Å². The van der Waals surface area contributed by atoms with Gasteiger partial charge in [-0.15, -0.1) is 0 Å². The van der Waals surface area contributed by atoms with Gasteiger partial charge in [0.25, 0.3) is 0 Å². The molecule has 7 heteroatoms. The third-order valence-electron chi connectivity index (χ3n) is 6.02. The monoisotopic (exact) mass is 342 g/mol. The highest BCUT2D eigenvalue weighted by atomic mass is 16.4. The molecule has 132 valence electrons. The first-order valence-electron chi connectivity index (χ1n) is 8.11. The lowest BCUT2D eigenvalue weighted by molar-refractivity contribution is -0.150. The molecule has 3 rings (SSSR count). The van der Waals surface area contributed by atoms with Gasteiger partial charge in [0, 0.05) is 18.6 Å². The molecule has 0 radical (unpaired) electrons. The highest BCUT2D eigenvalue weighted by Crippen LogP contribution is 2.78. The highest BCUT2D eigenvalue weighted by molar-refractivity contribution is 6.13. The summed E-state index contributed by atoms with van der Waals surface area (Å²) in [4.78, 5) is 28.7. The Bertz CT molecular complexity index is 810. The second-order valence-corrected chi connectivity index (χ2v) is 7.54. The molecule has 7 nitrogen and oxygen atoms in total. The minimum atomic E-state index is -1.45. The van der Waals surface area contributed by atoms with Crippen LogP contribution >= 0.6 is 0 Å². The number of carboxylic acids is 1. The number of amides is 1. The number of nitrogens with zero attached hydrogens (tertiary/aromatic N) is 3. The predicted molar refractivity (Wildman–Crippen MR) is 91.8 cm³/mol. The summed E-state index contributed by atoms with van der Waals surface area (Å²) in [5.41, 5.74) is -1.21. The van der Waals surface area contributed by atoms with E-state index in [4.69, 9.17) is 0 Å². The second-order valence-electron chi connectivity index (χ2n) is 7.54. The normalized spacial score (nSPS) is 19.2. The Morgan fingerprint density at radius 2 is 1.76 bits per heavy atom. The first-order valence-corrected chi connectivity index (χ1v) is 8.11. The summed E-state index contributed by atoms with van der Waals surface area (Å²) in [5.74, 6) is -1.59. The van der Waals surface area contributed by atoms with Crippen molar-refractivity contribution < 1.29 is 14.7 Å². The third-order valence-corrected chi connectivity index (χ3v) is 6.02. The number of nitrogens with one attached hydrogen (secondary N) is 1. The molecule has 0 saturated heterocycles. The topological polar surface area (TPSA) is 97.1 Å². The van der Waals surface area contributed by atoms with Gasteiger partial charge in [-0.25, -0.2) is 0 Å². The Hall–Kier alpha value is -2.70. The van der Waals surface area contributed by atoms with Gasteiger partial charge >= 0.3 is 5.97 Å². The molecule has 1 fully saturated rings. The molecule has 0 unspecified atom stereocenters. The van der Waals surface area contributed by atoms with Crippen molar-refractivity contribution >= 4 is 17.6 Å². The number of rotatable bonds is 5. The average Bonchev–Trinajstić information content (AvgIpc) is 2.79. The molecule has 0 spiro atoms. The summed E-state index contributed by atoms with van der Waals surface area (Å²) in [5, 5.41) is 16.7. The van der Waals surface area contributed by atoms with E-state index in [9.17, 15) is 14.7 Å². The molecule has 0 aliphatic heterocycles. The number of hydrogen-bond acceptors (Lipinski definition) is 4. The maximum absolute atomic E-state index is 12.8. The van der Waals surface area contributed by atoms with Crippen LogP contribution in [0, 0.1) is 16.2 Å². The van der Waals surface area contributed by atoms with Crippen LogP contribution in [-0.4, -0.2) is 31.7 Å². The maximum Gasteiger partial charge on any atom is 0.320 e. The number of hydrogen-bond donors (Lipinski definition) is 2. The summed E-state index contributed by atoms with van der Waals surface area (Å²) in [6.07, 6.45) is 6.62. The van der Waals surface area contributed by atoms with Gasteiger partial charge in [-0.2, -0.15) is 5.10 Å². The van der Waals surface area contributed by atoms with Crippen molar-refractivity contribution in [2.24, 2.45) is 16.2 Å². The summed E-state index contributed by atoms with van der Waals surface area (Å²) in [6, 6.07) is 3.77. The van der Waals surface area contributed by atoms with E-state index in [1.54, 1.807) is 23.3 Å². The lowest BCUT2D eigenvalue weighted by atomic mass is 9.93. The summed E-state index contributed by atoms with van der Waals surface area (Å²) < 4.78 is 1.68. The van der Waals surface area contributed by atoms with Crippen LogP contribution in [0.5, 0.6) is 0 Å². The van der Waals surface area contributed by atoms with Gasteiger partial charge in [-0.1, -0.05) is 27.7 Å². The van der Waals surface area contributed by atoms with Gasteiger partial charge in [-0.3, -0.25) is 19.3 Å². The molecule has 0 atom stereocenters. The lowest BCUT2D eigenvalue weighted by Gasteiger charge is -2.15. The first-order chi connectivity index (χ1) is 11.6. The Kier molecular flexibility index (Phi) is 3.70. The van der Waals surface area contributed by atoms with Gasteiger partial charge in [0.1, 0.15) is 0 Å². The molecule has 0 bridgehead atoms. The first kappa shape index (κ1) is 17.1. The zero-order valence-corrected chi connectivity index (χ0v) is 14.8. The van der Waals surface area contributed by atoms with Crippen LogP contribution in [-0.2, 0) is 16.1 Å². The summed E-state index contributed by atoms with van der Waals surface area (Å²) in [6.45, 7) is 7.79. The molecule has 1 aliphatic rings. The predicted octanol–water partition coefficient (Wildman–Crippen LogP) is 2.40. The van der Waals surface area contributed by atoms with E-state index in [0.717, 1.165) is 5.56 Å². The molecule has 0 aromatic carbocycles. The van der Waals surface area contributed by atoms with Crippen LogP contribution < -0.4 is 5.32 Å². The number of anilines is 1. The number of carboxylic acid groups (broad SMARTS) is 1. The molecule has 2 aromatic rings. The van der Waals surface area contributed by atoms with Crippen molar-refractivity contribution in [1.82, 2.24) is 14.8 Å². The van der Waals surface area contributed by atoms with E-state index in [1.165, 1.54) is 6.20 Å². The molecular weight excluding hydrogens is 320 g/mol. The number of aromatic nitrogens is 3. The molecule has 2 N–H and O–H groups in total. The minimum absolute atomic E-state index is 0.484. The van der Waals surface area contributed by atoms with E-state index in [2.05, 4.69) is 15.4 Å². The van der Waals surface area contributed by atoms with Crippen molar-refractivity contribution in [1.29, 1.82) is 0 Å². The smallest absolute Gasteiger partial charge is 0.320 e. The fourth-order valence-electron chi connectivity index (χ4n) is 3.93. The molecule has 2 aromatic heterocycles. The molecule has 2 heterocycles. The number of aliphatic carboxylic acids is 1. The van der Waals surface area contributed by atoms with Crippen LogP contribution in [0.1, 0.15) is 33.3 Å². The number of carbonyl (C=O) groups is 2. The summed E-state index contributed by atoms with van der Waals surface area (Å²) in [7, 11) is 0. The standard InChI is InChI=1S/C18H22N4O3/c1-16(2)17(3,4)18(16,15(24)25)14(23)21-13-9-20-22(11-13)10-12-5-7-19-8-6-12/h5-9,11H,10H2,1-4H3,(H,21,23)(H,24,25). The quantitative estimate of drug-likeness (QED) is 0.813. The highest BCUT2D eigenvalue weighted by Gasteiger charge is 2.85. The fraction of sp³-hybridized carbons (Fsp3) is 0.444. The van der Waals surface area contributed by atoms with Gasteiger partial charge in [0.05, 0.1) is 18.4 Å². The number of pyridine rings is 1. The molecule has 25 heavy (non-hydrogen) atoms. The minimum Gasteiger partial charge on any atom is -0.480 e. The van der Waals surface area contributed by atoms with E-state index >= 15 is 0 Å². The van der Waals surface area contributed by atoms with E-state index in [-0.39, 0.29) is 0 Å². The van der Waals surface area contributed by atoms with Crippen LogP contribution in [0.15, 0.2) is 36.9 Å². The second kappa shape index (κ2) is 5.40. The summed E-state index contributed by atoms with van der Waals surface area (Å²) >= 11 is 0. The Labute approximate surface area is 146 Å². The SMILES string of the molecule is CC1(C)C(C)(C)C1(C(=O)O)C(=O)Nc1cnn(Cc2ccncc2)c1. The van der Waals surface area contributed by atoms with Gasteiger partial charge in [-0.05, 0) is 28.5 Å². The zero-order chi connectivity index (χ0) is 18.5. The van der Waals surface area contributed by atoms with E-state index in [1.807, 2.05) is 39.8 Å². The van der Waals surface area contributed by atoms with Crippen molar-refractivity contribution in [3.8, 4) is 0 Å². The van der Waals surface area contributed by atoms with Crippen molar-refractivity contribution in [2.75, 3.05) is 5.32 Å². The average molecular weight is 342 g/mol. The maximum atomic E-state index is 12.8. The molecule has 1 amide bonds. The molecule has 1 aliphatic carbocycles. The van der Waals surface area contributed by atoms with Crippen LogP contribution in [0.3, 0.4) is 0 Å². The Morgan fingerprint density at radius 1 is 1.16 bits per heavy atom. The van der Waals surface area contributed by atoms with Gasteiger partial charge in [0.15, 0.2) is 5.41 Å². The van der Waals surface area contributed by atoms with Crippen molar-refractivity contribution in [3.05, 3.63) is 42.5 Å². The van der Waals surface area contributed by atoms with Crippen molar-refractivity contribution in [3.63, 3.8) is 0 Å². The third kappa shape index (κ3) is 2.26. The van der Waals surface area contributed by atoms with Crippen LogP contribution in [0.2, 0.25) is 0 Å². The van der Waals surface area contributed by atoms with Gasteiger partial charge in [0.2, 0.25) is 5.91 Å². The number of carbonyl (C=O) groups excluding carboxylic acids is 1. The largest absolute Gasteiger partial charge is 0.480 e. The van der Waals surface area contributed by atoms with E-state index < -0.39 is 28.1 Å².